The molecule has 1 heterocycles. The van der Waals surface area contributed by atoms with Gasteiger partial charge in [-0.15, -0.1) is 0 Å². The number of nitrogens with one attached hydrogen (secondary N) is 1. The zero-order chi connectivity index (χ0) is 19.4. The van der Waals surface area contributed by atoms with E-state index < -0.39 is 11.0 Å². The minimum absolute atomic E-state index is 0.0169. The number of benzene rings is 1. The van der Waals surface area contributed by atoms with E-state index in [0.717, 1.165) is 25.7 Å². The Bertz CT molecular complexity index is 730. The van der Waals surface area contributed by atoms with E-state index in [0.29, 0.717) is 30.4 Å². The summed E-state index contributed by atoms with van der Waals surface area (Å²) in [5, 5.41) is 13.7. The first-order chi connectivity index (χ1) is 13.0. The molecule has 1 amide bonds. The van der Waals surface area contributed by atoms with Crippen molar-refractivity contribution in [3.8, 4) is 0 Å². The molecular formula is C19H25N3O5. The molecule has 8 nitrogen and oxygen atoms in total. The third-order valence-electron chi connectivity index (χ3n) is 5.38. The number of ether oxygens (including phenoxy) is 1. The molecule has 27 heavy (non-hydrogen) atoms. The van der Waals surface area contributed by atoms with E-state index >= 15 is 0 Å². The third-order valence-corrected chi connectivity index (χ3v) is 5.38. The van der Waals surface area contributed by atoms with Gasteiger partial charge in [0.25, 0.3) is 5.69 Å². The molecule has 1 atom stereocenters. The van der Waals surface area contributed by atoms with Crippen LogP contribution in [0.3, 0.4) is 0 Å². The Balaban J connectivity index is 1.68. The van der Waals surface area contributed by atoms with Crippen LogP contribution >= 0.6 is 0 Å². The Morgan fingerprint density at radius 1 is 1.33 bits per heavy atom. The summed E-state index contributed by atoms with van der Waals surface area (Å²) in [4.78, 5) is 37.5. The number of esters is 1. The number of rotatable bonds is 5. The number of carbonyl (C=O) groups excluding carboxylic acids is 2. The lowest BCUT2D eigenvalue weighted by atomic mass is 9.92. The molecular weight excluding hydrogens is 350 g/mol. The van der Waals surface area contributed by atoms with Crippen molar-refractivity contribution in [2.24, 2.45) is 0 Å². The Morgan fingerprint density at radius 2 is 2.07 bits per heavy atom. The van der Waals surface area contributed by atoms with Crippen LogP contribution in [0.5, 0.6) is 0 Å². The minimum atomic E-state index is -0.595. The van der Waals surface area contributed by atoms with Gasteiger partial charge >= 0.3 is 5.97 Å². The number of hydrogen-bond acceptors (Lipinski definition) is 6. The standard InChI is InChI=1S/C19H25N3O5/c1-13-7-8-14(11-16(13)22(25)26)20-18(23)12-17-19(24)27-10-9-21(17)15-5-3-2-4-6-15/h7-8,11,15,17H,2-6,9-10,12H2,1H3,(H,20,23)/t17-/m1/s1. The summed E-state index contributed by atoms with van der Waals surface area (Å²) >= 11 is 0. The topological polar surface area (TPSA) is 102 Å². The number of amides is 1. The molecule has 0 bridgehead atoms. The maximum absolute atomic E-state index is 12.5. The van der Waals surface area contributed by atoms with E-state index in [1.807, 2.05) is 0 Å². The number of morpholine rings is 1. The molecule has 3 rings (SSSR count). The third kappa shape index (κ3) is 4.63. The largest absolute Gasteiger partial charge is 0.463 e. The lowest BCUT2D eigenvalue weighted by Crippen LogP contribution is -2.54. The lowest BCUT2D eigenvalue weighted by Gasteiger charge is -2.41. The summed E-state index contributed by atoms with van der Waals surface area (Å²) in [6.07, 6.45) is 5.55. The summed E-state index contributed by atoms with van der Waals surface area (Å²) in [7, 11) is 0. The second-order valence-corrected chi connectivity index (χ2v) is 7.22. The predicted octanol–water partition coefficient (Wildman–Crippen LogP) is 2.79. The first-order valence-electron chi connectivity index (χ1n) is 9.43. The highest BCUT2D eigenvalue weighted by molar-refractivity contribution is 5.94. The van der Waals surface area contributed by atoms with Crippen LogP contribution in [0.25, 0.3) is 0 Å². The van der Waals surface area contributed by atoms with Gasteiger partial charge in [-0.1, -0.05) is 25.3 Å². The fraction of sp³-hybridized carbons (Fsp3) is 0.579. The number of aryl methyl sites for hydroxylation is 1. The fourth-order valence-electron chi connectivity index (χ4n) is 3.96. The van der Waals surface area contributed by atoms with Crippen molar-refractivity contribution in [3.05, 3.63) is 33.9 Å². The first-order valence-corrected chi connectivity index (χ1v) is 9.43. The van der Waals surface area contributed by atoms with Crippen LogP contribution < -0.4 is 5.32 Å². The Morgan fingerprint density at radius 3 is 2.78 bits per heavy atom. The van der Waals surface area contributed by atoms with Crippen molar-refractivity contribution in [1.82, 2.24) is 4.90 Å². The average Bonchev–Trinajstić information content (AvgIpc) is 2.65. The number of anilines is 1. The monoisotopic (exact) mass is 375 g/mol. The predicted molar refractivity (Wildman–Crippen MR) is 99.4 cm³/mol. The van der Waals surface area contributed by atoms with E-state index in [2.05, 4.69) is 10.2 Å². The highest BCUT2D eigenvalue weighted by Crippen LogP contribution is 2.27. The Kier molecular flexibility index (Phi) is 6.05. The van der Waals surface area contributed by atoms with Crippen molar-refractivity contribution < 1.29 is 19.2 Å². The molecule has 0 spiro atoms. The van der Waals surface area contributed by atoms with Gasteiger partial charge in [-0.05, 0) is 25.8 Å². The van der Waals surface area contributed by atoms with E-state index in [1.54, 1.807) is 19.1 Å². The molecule has 2 aliphatic rings. The van der Waals surface area contributed by atoms with E-state index in [9.17, 15) is 19.7 Å². The maximum Gasteiger partial charge on any atom is 0.323 e. The SMILES string of the molecule is Cc1ccc(NC(=O)C[C@@H]2C(=O)OCCN2C2CCCCC2)cc1[N+](=O)[O-]. The molecule has 1 aliphatic heterocycles. The number of nitro benzene ring substituents is 1. The molecule has 1 saturated heterocycles. The zero-order valence-corrected chi connectivity index (χ0v) is 15.5. The number of cyclic esters (lactones) is 1. The van der Waals surface area contributed by atoms with Crippen LogP contribution in [-0.4, -0.2) is 46.9 Å². The van der Waals surface area contributed by atoms with Crippen LogP contribution in [0.2, 0.25) is 0 Å². The minimum Gasteiger partial charge on any atom is -0.463 e. The smallest absolute Gasteiger partial charge is 0.323 e. The molecule has 1 aromatic carbocycles. The van der Waals surface area contributed by atoms with Gasteiger partial charge < -0.3 is 10.1 Å². The van der Waals surface area contributed by atoms with Crippen LogP contribution in [0, 0.1) is 17.0 Å². The van der Waals surface area contributed by atoms with E-state index in [-0.39, 0.29) is 24.0 Å². The number of nitrogens with zero attached hydrogens (tertiary/aromatic N) is 2. The second-order valence-electron chi connectivity index (χ2n) is 7.22. The van der Waals surface area contributed by atoms with Gasteiger partial charge in [0, 0.05) is 29.9 Å². The van der Waals surface area contributed by atoms with Gasteiger partial charge in [0.1, 0.15) is 12.6 Å². The summed E-state index contributed by atoms with van der Waals surface area (Å²) in [6, 6.07) is 4.27. The summed E-state index contributed by atoms with van der Waals surface area (Å²) in [6.45, 7) is 2.64. The van der Waals surface area contributed by atoms with Gasteiger partial charge in [0.2, 0.25) is 5.91 Å². The van der Waals surface area contributed by atoms with Crippen molar-refractivity contribution in [2.75, 3.05) is 18.5 Å². The van der Waals surface area contributed by atoms with Crippen LogP contribution in [0.4, 0.5) is 11.4 Å². The highest BCUT2D eigenvalue weighted by Gasteiger charge is 2.37. The van der Waals surface area contributed by atoms with Crippen molar-refractivity contribution in [2.45, 2.75) is 57.5 Å². The molecule has 1 N–H and O–H groups in total. The van der Waals surface area contributed by atoms with Gasteiger partial charge in [0.05, 0.1) is 11.3 Å². The summed E-state index contributed by atoms with van der Waals surface area (Å²) < 4.78 is 5.18. The molecule has 0 radical (unpaired) electrons. The molecule has 1 aromatic rings. The molecule has 0 unspecified atom stereocenters. The maximum atomic E-state index is 12.5. The first kappa shape index (κ1) is 19.3. The number of carbonyl (C=O) groups is 2. The Labute approximate surface area is 158 Å². The van der Waals surface area contributed by atoms with Crippen molar-refractivity contribution >= 4 is 23.3 Å². The van der Waals surface area contributed by atoms with Crippen LogP contribution in [0.15, 0.2) is 18.2 Å². The summed E-state index contributed by atoms with van der Waals surface area (Å²) in [5.41, 5.74) is 0.830. The molecule has 1 aliphatic carbocycles. The summed E-state index contributed by atoms with van der Waals surface area (Å²) in [5.74, 6) is -0.713. The van der Waals surface area contributed by atoms with Gasteiger partial charge in [0.15, 0.2) is 0 Å². The van der Waals surface area contributed by atoms with Crippen molar-refractivity contribution in [3.63, 3.8) is 0 Å². The molecule has 8 heteroatoms. The molecule has 0 aromatic heterocycles. The van der Waals surface area contributed by atoms with Crippen molar-refractivity contribution in [1.29, 1.82) is 0 Å². The zero-order valence-electron chi connectivity index (χ0n) is 15.5. The highest BCUT2D eigenvalue weighted by atomic mass is 16.6. The number of hydrogen-bond donors (Lipinski definition) is 1. The fourth-order valence-corrected chi connectivity index (χ4v) is 3.96. The van der Waals surface area contributed by atoms with E-state index in [4.69, 9.17) is 4.74 Å². The average molecular weight is 375 g/mol. The van der Waals surface area contributed by atoms with Gasteiger partial charge in [-0.3, -0.25) is 24.6 Å². The number of nitro groups is 1. The Hall–Kier alpha value is -2.48. The quantitative estimate of drug-likeness (QED) is 0.482. The van der Waals surface area contributed by atoms with Gasteiger partial charge in [-0.25, -0.2) is 0 Å². The van der Waals surface area contributed by atoms with E-state index in [1.165, 1.54) is 12.5 Å². The van der Waals surface area contributed by atoms with Crippen LogP contribution in [0.1, 0.15) is 44.1 Å². The lowest BCUT2D eigenvalue weighted by molar-refractivity contribution is -0.385. The normalized spacial score (nSPS) is 21.5. The molecule has 146 valence electrons. The van der Waals surface area contributed by atoms with Crippen LogP contribution in [-0.2, 0) is 14.3 Å². The van der Waals surface area contributed by atoms with Gasteiger partial charge in [-0.2, -0.15) is 0 Å². The molecule has 2 fully saturated rings. The molecule has 1 saturated carbocycles. The second kappa shape index (κ2) is 8.47.